The van der Waals surface area contributed by atoms with E-state index in [2.05, 4.69) is 15.5 Å². The lowest BCUT2D eigenvalue weighted by atomic mass is 10.3. The van der Waals surface area contributed by atoms with Crippen molar-refractivity contribution in [2.75, 3.05) is 11.1 Å². The highest BCUT2D eigenvalue weighted by Crippen LogP contribution is 2.31. The Labute approximate surface area is 140 Å². The third-order valence-electron chi connectivity index (χ3n) is 2.41. The van der Waals surface area contributed by atoms with Crippen LogP contribution < -0.4 is 11.1 Å². The summed E-state index contributed by atoms with van der Waals surface area (Å²) in [6.07, 6.45) is 0. The molecule has 1 aromatic heterocycles. The number of benzene rings is 1. The van der Waals surface area contributed by atoms with Crippen LogP contribution in [0.25, 0.3) is 0 Å². The van der Waals surface area contributed by atoms with Crippen molar-refractivity contribution in [2.24, 2.45) is 5.73 Å². The first kappa shape index (κ1) is 16.8. The highest BCUT2D eigenvalue weighted by molar-refractivity contribution is 8.04. The van der Waals surface area contributed by atoms with Gasteiger partial charge in [0.05, 0.1) is 11.0 Å². The number of hydrogen-bond donors (Lipinski definition) is 2. The molecule has 0 saturated heterocycles. The largest absolute Gasteiger partial charge is 0.369 e. The molecule has 2 rings (SSSR count). The lowest BCUT2D eigenvalue weighted by Gasteiger charge is -2.09. The van der Waals surface area contributed by atoms with Crippen LogP contribution in [0, 0.1) is 0 Å². The molecule has 0 bridgehead atoms. The van der Waals surface area contributed by atoms with Gasteiger partial charge in [0.2, 0.25) is 11.8 Å². The van der Waals surface area contributed by atoms with Crippen molar-refractivity contribution in [1.82, 2.24) is 10.2 Å². The number of aromatic nitrogens is 2. The molecule has 2 amide bonds. The molecule has 0 saturated carbocycles. The number of rotatable bonds is 7. The van der Waals surface area contributed by atoms with E-state index in [1.54, 1.807) is 6.92 Å². The molecular formula is C13H14N4O2S3. The molecule has 6 nitrogen and oxygen atoms in total. The number of amides is 2. The molecule has 116 valence electrons. The van der Waals surface area contributed by atoms with Gasteiger partial charge in [0.1, 0.15) is 0 Å². The van der Waals surface area contributed by atoms with Gasteiger partial charge in [-0.05, 0) is 19.1 Å². The Morgan fingerprint density at radius 3 is 2.64 bits per heavy atom. The zero-order valence-electron chi connectivity index (χ0n) is 11.7. The minimum atomic E-state index is -0.398. The number of nitrogens with two attached hydrogens (primary N) is 1. The number of anilines is 1. The van der Waals surface area contributed by atoms with Crippen LogP contribution in [0.2, 0.25) is 0 Å². The lowest BCUT2D eigenvalue weighted by Crippen LogP contribution is -2.22. The van der Waals surface area contributed by atoms with E-state index in [0.29, 0.717) is 8.68 Å². The summed E-state index contributed by atoms with van der Waals surface area (Å²) < 4.78 is 1.35. The number of thioether (sulfide) groups is 2. The first-order chi connectivity index (χ1) is 10.5. The van der Waals surface area contributed by atoms with Crippen LogP contribution in [0.4, 0.5) is 5.69 Å². The first-order valence-electron chi connectivity index (χ1n) is 6.32. The minimum absolute atomic E-state index is 0.0993. The molecule has 0 fully saturated rings. The number of nitrogens with one attached hydrogen (secondary N) is 1. The van der Waals surface area contributed by atoms with Gasteiger partial charge in [-0.1, -0.05) is 53.1 Å². The van der Waals surface area contributed by atoms with Crippen LogP contribution in [-0.4, -0.2) is 33.0 Å². The van der Waals surface area contributed by atoms with Gasteiger partial charge in [-0.25, -0.2) is 0 Å². The molecule has 1 heterocycles. The number of carbonyl (C=O) groups is 2. The molecule has 3 N–H and O–H groups in total. The van der Waals surface area contributed by atoms with Gasteiger partial charge in [0, 0.05) is 5.69 Å². The number of para-hydroxylation sites is 1. The second kappa shape index (κ2) is 8.16. The summed E-state index contributed by atoms with van der Waals surface area (Å²) in [6, 6.07) is 9.28. The van der Waals surface area contributed by atoms with E-state index in [-0.39, 0.29) is 16.9 Å². The van der Waals surface area contributed by atoms with Crippen molar-refractivity contribution in [3.63, 3.8) is 0 Å². The van der Waals surface area contributed by atoms with Crippen molar-refractivity contribution in [3.8, 4) is 0 Å². The van der Waals surface area contributed by atoms with Crippen molar-refractivity contribution >= 4 is 52.4 Å². The van der Waals surface area contributed by atoms with Gasteiger partial charge in [0.25, 0.3) is 0 Å². The van der Waals surface area contributed by atoms with E-state index in [1.807, 2.05) is 30.3 Å². The molecule has 0 aliphatic carbocycles. The predicted octanol–water partition coefficient (Wildman–Crippen LogP) is 2.23. The minimum Gasteiger partial charge on any atom is -0.369 e. The number of primary amides is 1. The molecule has 9 heteroatoms. The molecule has 2 aromatic rings. The quantitative estimate of drug-likeness (QED) is 0.740. The Bertz CT molecular complexity index is 648. The van der Waals surface area contributed by atoms with Crippen LogP contribution in [0.15, 0.2) is 39.0 Å². The summed E-state index contributed by atoms with van der Waals surface area (Å²) in [5.41, 5.74) is 5.84. The second-order valence-electron chi connectivity index (χ2n) is 4.20. The van der Waals surface area contributed by atoms with E-state index in [9.17, 15) is 9.59 Å². The molecule has 1 atom stereocenters. The molecular weight excluding hydrogens is 340 g/mol. The molecule has 22 heavy (non-hydrogen) atoms. The molecule has 0 aliphatic rings. The summed E-state index contributed by atoms with van der Waals surface area (Å²) >= 11 is 3.92. The van der Waals surface area contributed by atoms with Crippen molar-refractivity contribution in [3.05, 3.63) is 30.3 Å². The van der Waals surface area contributed by atoms with Gasteiger partial charge in [0.15, 0.2) is 8.68 Å². The first-order valence-corrected chi connectivity index (χ1v) is 9.00. The fraction of sp³-hybridized carbons (Fsp3) is 0.231. The normalized spacial score (nSPS) is 11.9. The van der Waals surface area contributed by atoms with Crippen molar-refractivity contribution < 1.29 is 9.59 Å². The van der Waals surface area contributed by atoms with Crippen LogP contribution in [0.5, 0.6) is 0 Å². The molecule has 0 unspecified atom stereocenters. The van der Waals surface area contributed by atoms with E-state index in [1.165, 1.54) is 34.9 Å². The van der Waals surface area contributed by atoms with E-state index >= 15 is 0 Å². The average molecular weight is 354 g/mol. The summed E-state index contributed by atoms with van der Waals surface area (Å²) in [5.74, 6) is -0.327. The van der Waals surface area contributed by atoms with Gasteiger partial charge in [-0.2, -0.15) is 0 Å². The van der Waals surface area contributed by atoms with Crippen LogP contribution >= 0.6 is 34.9 Å². The van der Waals surface area contributed by atoms with Gasteiger partial charge < -0.3 is 11.1 Å². The number of hydrogen-bond acceptors (Lipinski definition) is 7. The van der Waals surface area contributed by atoms with Crippen LogP contribution in [0.3, 0.4) is 0 Å². The highest BCUT2D eigenvalue weighted by atomic mass is 32.2. The van der Waals surface area contributed by atoms with Gasteiger partial charge >= 0.3 is 0 Å². The smallest absolute Gasteiger partial charge is 0.237 e. The standard InChI is InChI=1S/C13H14N4O2S3/c1-8(11(19)15-9-5-3-2-4-6-9)21-13-17-16-12(22-13)20-7-10(14)18/h2-6,8H,7H2,1H3,(H2,14,18)(H,15,19)/t8-/m1/s1. The maximum absolute atomic E-state index is 12.1. The van der Waals surface area contributed by atoms with Crippen LogP contribution in [-0.2, 0) is 9.59 Å². The van der Waals surface area contributed by atoms with Crippen LogP contribution in [0.1, 0.15) is 6.92 Å². The van der Waals surface area contributed by atoms with E-state index in [0.717, 1.165) is 5.69 Å². The maximum atomic E-state index is 12.1. The third-order valence-corrected chi connectivity index (χ3v) is 5.68. The highest BCUT2D eigenvalue weighted by Gasteiger charge is 2.17. The summed E-state index contributed by atoms with van der Waals surface area (Å²) in [4.78, 5) is 22.8. The Kier molecular flexibility index (Phi) is 6.22. The summed E-state index contributed by atoms with van der Waals surface area (Å²) in [7, 11) is 0. The summed E-state index contributed by atoms with van der Waals surface area (Å²) in [5, 5.41) is 10.5. The van der Waals surface area contributed by atoms with Gasteiger partial charge in [-0.15, -0.1) is 10.2 Å². The number of carbonyl (C=O) groups excluding carboxylic acids is 2. The van der Waals surface area contributed by atoms with E-state index < -0.39 is 5.91 Å². The Morgan fingerprint density at radius 1 is 1.27 bits per heavy atom. The van der Waals surface area contributed by atoms with Crippen molar-refractivity contribution in [1.29, 1.82) is 0 Å². The van der Waals surface area contributed by atoms with E-state index in [4.69, 9.17) is 5.73 Å². The zero-order chi connectivity index (χ0) is 15.9. The van der Waals surface area contributed by atoms with Gasteiger partial charge in [-0.3, -0.25) is 9.59 Å². The fourth-order valence-corrected chi connectivity index (χ4v) is 4.31. The second-order valence-corrected chi connectivity index (χ2v) is 7.99. The molecule has 0 spiro atoms. The fourth-order valence-electron chi connectivity index (χ4n) is 1.41. The molecule has 0 radical (unpaired) electrons. The monoisotopic (exact) mass is 354 g/mol. The SMILES string of the molecule is C[C@@H](Sc1nnc(SCC(N)=O)s1)C(=O)Nc1ccccc1. The molecule has 0 aliphatic heterocycles. The zero-order valence-corrected chi connectivity index (χ0v) is 14.1. The topological polar surface area (TPSA) is 98.0 Å². The predicted molar refractivity (Wildman–Crippen MR) is 90.2 cm³/mol. The van der Waals surface area contributed by atoms with Crippen molar-refractivity contribution in [2.45, 2.75) is 20.9 Å². The average Bonchev–Trinajstić information content (AvgIpc) is 2.93. The summed E-state index contributed by atoms with van der Waals surface area (Å²) in [6.45, 7) is 1.81. The third kappa shape index (κ3) is 5.32. The Hall–Kier alpha value is -1.58. The number of nitrogens with zero attached hydrogens (tertiary/aromatic N) is 2. The Morgan fingerprint density at radius 2 is 1.95 bits per heavy atom. The molecule has 1 aromatic carbocycles. The lowest BCUT2D eigenvalue weighted by molar-refractivity contribution is -0.116. The maximum Gasteiger partial charge on any atom is 0.237 e. The Balaban J connectivity index is 1.87.